The maximum absolute atomic E-state index is 14.0. The first-order valence-electron chi connectivity index (χ1n) is 9.39. The molecule has 1 amide bonds. The van der Waals surface area contributed by atoms with E-state index < -0.39 is 26.6 Å². The SMILES string of the molecule is CN(C)S(=O)(=O)c1cc(C(=O)NCc2ccnc(OC3CCCC3)c2)ccc1F. The standard InChI is InChI=1S/C20H24FN3O4S/c1-24(2)29(26,27)18-12-15(7-8-17(18)21)20(25)23-13-14-9-10-22-19(11-14)28-16-5-3-4-6-16/h7-12,16H,3-6,13H2,1-2H3,(H,23,25). The zero-order valence-corrected chi connectivity index (χ0v) is 17.2. The van der Waals surface area contributed by atoms with Crippen LogP contribution in [-0.4, -0.2) is 43.8 Å². The van der Waals surface area contributed by atoms with E-state index in [1.54, 1.807) is 18.3 Å². The highest BCUT2D eigenvalue weighted by atomic mass is 32.2. The zero-order valence-electron chi connectivity index (χ0n) is 16.4. The van der Waals surface area contributed by atoms with E-state index in [2.05, 4.69) is 10.3 Å². The molecule has 29 heavy (non-hydrogen) atoms. The van der Waals surface area contributed by atoms with E-state index in [4.69, 9.17) is 4.74 Å². The first-order valence-corrected chi connectivity index (χ1v) is 10.8. The first-order chi connectivity index (χ1) is 13.8. The minimum Gasteiger partial charge on any atom is -0.474 e. The molecule has 0 unspecified atom stereocenters. The molecule has 0 bridgehead atoms. The molecule has 0 spiro atoms. The van der Waals surface area contributed by atoms with Crippen LogP contribution in [0.15, 0.2) is 41.4 Å². The molecule has 1 aromatic carbocycles. The summed E-state index contributed by atoms with van der Waals surface area (Å²) in [7, 11) is -1.39. The summed E-state index contributed by atoms with van der Waals surface area (Å²) in [6.45, 7) is 0.204. The maximum Gasteiger partial charge on any atom is 0.251 e. The Kier molecular flexibility index (Phi) is 6.49. The monoisotopic (exact) mass is 421 g/mol. The Hall–Kier alpha value is -2.52. The van der Waals surface area contributed by atoms with Crippen molar-refractivity contribution in [2.24, 2.45) is 0 Å². The average Bonchev–Trinajstić information content (AvgIpc) is 3.19. The Labute approximate surface area is 169 Å². The molecule has 0 radical (unpaired) electrons. The van der Waals surface area contributed by atoms with Gasteiger partial charge in [-0.25, -0.2) is 22.1 Å². The van der Waals surface area contributed by atoms with Gasteiger partial charge in [-0.15, -0.1) is 0 Å². The molecule has 1 aromatic heterocycles. The van der Waals surface area contributed by atoms with Crippen LogP contribution >= 0.6 is 0 Å². The van der Waals surface area contributed by atoms with Crippen molar-refractivity contribution >= 4 is 15.9 Å². The second-order valence-corrected chi connectivity index (χ2v) is 9.26. The van der Waals surface area contributed by atoms with Crippen LogP contribution in [0.3, 0.4) is 0 Å². The molecule has 0 aliphatic heterocycles. The Bertz CT molecular complexity index is 989. The van der Waals surface area contributed by atoms with Gasteiger partial charge < -0.3 is 10.1 Å². The highest BCUT2D eigenvalue weighted by Gasteiger charge is 2.23. The van der Waals surface area contributed by atoms with Gasteiger partial charge in [-0.2, -0.15) is 0 Å². The fourth-order valence-corrected chi connectivity index (χ4v) is 4.11. The van der Waals surface area contributed by atoms with Crippen molar-refractivity contribution in [2.75, 3.05) is 14.1 Å². The predicted molar refractivity (Wildman–Crippen MR) is 106 cm³/mol. The number of hydrogen-bond donors (Lipinski definition) is 1. The van der Waals surface area contributed by atoms with E-state index in [-0.39, 0.29) is 18.2 Å². The molecule has 1 saturated carbocycles. The van der Waals surface area contributed by atoms with Crippen molar-refractivity contribution < 1.29 is 22.3 Å². The van der Waals surface area contributed by atoms with Crippen LogP contribution in [0.4, 0.5) is 4.39 Å². The molecule has 1 aliphatic carbocycles. The second-order valence-electron chi connectivity index (χ2n) is 7.14. The van der Waals surface area contributed by atoms with Crippen LogP contribution < -0.4 is 10.1 Å². The van der Waals surface area contributed by atoms with Gasteiger partial charge in [-0.1, -0.05) is 0 Å². The lowest BCUT2D eigenvalue weighted by Gasteiger charge is -2.14. The number of nitrogens with zero attached hydrogens (tertiary/aromatic N) is 2. The number of amides is 1. The van der Waals surface area contributed by atoms with Crippen LogP contribution in [0.1, 0.15) is 41.6 Å². The summed E-state index contributed by atoms with van der Waals surface area (Å²) in [5.74, 6) is -0.891. The summed E-state index contributed by atoms with van der Waals surface area (Å²) in [5, 5.41) is 2.71. The molecule has 0 atom stereocenters. The van der Waals surface area contributed by atoms with E-state index >= 15 is 0 Å². The van der Waals surface area contributed by atoms with E-state index in [1.807, 2.05) is 0 Å². The van der Waals surface area contributed by atoms with E-state index in [9.17, 15) is 17.6 Å². The number of halogens is 1. The van der Waals surface area contributed by atoms with Crippen molar-refractivity contribution in [1.29, 1.82) is 0 Å². The van der Waals surface area contributed by atoms with Crippen molar-refractivity contribution in [2.45, 2.75) is 43.2 Å². The molecule has 156 valence electrons. The van der Waals surface area contributed by atoms with E-state index in [0.29, 0.717) is 5.88 Å². The minimum atomic E-state index is -3.99. The number of aromatic nitrogens is 1. The van der Waals surface area contributed by atoms with Crippen molar-refractivity contribution in [3.63, 3.8) is 0 Å². The number of benzene rings is 1. The average molecular weight is 421 g/mol. The third-order valence-electron chi connectivity index (χ3n) is 4.79. The number of ether oxygens (including phenoxy) is 1. The van der Waals surface area contributed by atoms with Gasteiger partial charge >= 0.3 is 0 Å². The molecule has 9 heteroatoms. The minimum absolute atomic E-state index is 0.0586. The second kappa shape index (κ2) is 8.87. The number of nitrogens with one attached hydrogen (secondary N) is 1. The van der Waals surface area contributed by atoms with Crippen molar-refractivity contribution in [3.8, 4) is 5.88 Å². The highest BCUT2D eigenvalue weighted by molar-refractivity contribution is 7.89. The van der Waals surface area contributed by atoms with Gasteiger partial charge in [0, 0.05) is 38.5 Å². The Balaban J connectivity index is 1.68. The number of rotatable bonds is 7. The smallest absolute Gasteiger partial charge is 0.251 e. The van der Waals surface area contributed by atoms with E-state index in [0.717, 1.165) is 47.7 Å². The number of pyridine rings is 1. The molecule has 3 rings (SSSR count). The van der Waals surface area contributed by atoms with Crippen LogP contribution in [-0.2, 0) is 16.6 Å². The van der Waals surface area contributed by atoms with Gasteiger partial charge in [0.15, 0.2) is 0 Å². The third kappa shape index (κ3) is 5.10. The topological polar surface area (TPSA) is 88.6 Å². The summed E-state index contributed by atoms with van der Waals surface area (Å²) < 4.78 is 45.2. The first kappa shape index (κ1) is 21.2. The summed E-state index contributed by atoms with van der Waals surface area (Å²) in [6, 6.07) is 6.80. The molecular formula is C20H24FN3O4S. The van der Waals surface area contributed by atoms with Crippen LogP contribution in [0.2, 0.25) is 0 Å². The number of carbonyl (C=O) groups is 1. The largest absolute Gasteiger partial charge is 0.474 e. The fraction of sp³-hybridized carbons (Fsp3) is 0.400. The Morgan fingerprint density at radius 2 is 1.97 bits per heavy atom. The fourth-order valence-electron chi connectivity index (χ4n) is 3.13. The normalized spacial score (nSPS) is 14.9. The van der Waals surface area contributed by atoms with Crippen LogP contribution in [0, 0.1) is 5.82 Å². The van der Waals surface area contributed by atoms with Crippen LogP contribution in [0.5, 0.6) is 5.88 Å². The quantitative estimate of drug-likeness (QED) is 0.743. The van der Waals surface area contributed by atoms with Gasteiger partial charge in [-0.05, 0) is 55.5 Å². The van der Waals surface area contributed by atoms with Gasteiger partial charge in [0.25, 0.3) is 5.91 Å². The summed E-state index contributed by atoms with van der Waals surface area (Å²) in [6.07, 6.45) is 6.15. The lowest BCUT2D eigenvalue weighted by atomic mass is 10.2. The van der Waals surface area contributed by atoms with Gasteiger partial charge in [0.1, 0.15) is 16.8 Å². The van der Waals surface area contributed by atoms with Crippen molar-refractivity contribution in [3.05, 3.63) is 53.5 Å². The zero-order chi connectivity index (χ0) is 21.0. The lowest BCUT2D eigenvalue weighted by Crippen LogP contribution is -2.26. The van der Waals surface area contributed by atoms with Gasteiger partial charge in [-0.3, -0.25) is 4.79 Å². The third-order valence-corrected chi connectivity index (χ3v) is 6.62. The van der Waals surface area contributed by atoms with Gasteiger partial charge in [0.05, 0.1) is 0 Å². The number of sulfonamides is 1. The molecule has 1 heterocycles. The van der Waals surface area contributed by atoms with Crippen LogP contribution in [0.25, 0.3) is 0 Å². The lowest BCUT2D eigenvalue weighted by molar-refractivity contribution is 0.0950. The summed E-state index contributed by atoms with van der Waals surface area (Å²) >= 11 is 0. The summed E-state index contributed by atoms with van der Waals surface area (Å²) in [4.78, 5) is 16.1. The molecule has 1 fully saturated rings. The molecule has 7 nitrogen and oxygen atoms in total. The van der Waals surface area contributed by atoms with Crippen molar-refractivity contribution in [1.82, 2.24) is 14.6 Å². The Morgan fingerprint density at radius 1 is 1.24 bits per heavy atom. The molecule has 2 aromatic rings. The van der Waals surface area contributed by atoms with E-state index in [1.165, 1.54) is 20.2 Å². The highest BCUT2D eigenvalue weighted by Crippen LogP contribution is 2.23. The Morgan fingerprint density at radius 3 is 2.66 bits per heavy atom. The van der Waals surface area contributed by atoms with Gasteiger partial charge in [0.2, 0.25) is 15.9 Å². The molecule has 1 aliphatic rings. The number of hydrogen-bond acceptors (Lipinski definition) is 5. The maximum atomic E-state index is 14.0. The molecule has 1 N–H and O–H groups in total. The number of carbonyl (C=O) groups excluding carboxylic acids is 1. The molecule has 0 saturated heterocycles. The predicted octanol–water partition coefficient (Wildman–Crippen LogP) is 2.72. The molecular weight excluding hydrogens is 397 g/mol. The summed E-state index contributed by atoms with van der Waals surface area (Å²) in [5.41, 5.74) is 0.855.